The Kier molecular flexibility index (Phi) is 11.4. The fraction of sp³-hybridized carbons (Fsp3) is 0.200. The third kappa shape index (κ3) is 6.85. The molecule has 0 radical (unpaired) electrons. The van der Waals surface area contributed by atoms with Gasteiger partial charge in [-0.1, -0.05) is 6.58 Å². The molecule has 0 N–H and O–H groups in total. The number of hydrogen-bond acceptors (Lipinski definition) is 2. The van der Waals surface area contributed by atoms with E-state index in [1.807, 2.05) is 0 Å². The molecule has 0 aromatic heterocycles. The first-order valence-electron chi connectivity index (χ1n) is 1.89. The Labute approximate surface area is 91.7 Å². The van der Waals surface area contributed by atoms with Gasteiger partial charge in [-0.25, -0.2) is 4.79 Å². The molecule has 0 saturated heterocycles. The molecule has 0 aliphatic rings. The van der Waals surface area contributed by atoms with Crippen molar-refractivity contribution in [3.8, 4) is 0 Å². The summed E-state index contributed by atoms with van der Waals surface area (Å²) in [5.74, 6) is -0.421. The van der Waals surface area contributed by atoms with Gasteiger partial charge in [-0.15, -0.1) is 0 Å². The minimum Gasteiger partial charge on any atom is -0.496 e. The van der Waals surface area contributed by atoms with E-state index in [1.165, 1.54) is 0 Å². The fourth-order valence-electron chi connectivity index (χ4n) is 0.160. The van der Waals surface area contributed by atoms with Crippen molar-refractivity contribution in [2.45, 2.75) is 0 Å². The van der Waals surface area contributed by atoms with E-state index in [4.69, 9.17) is 0 Å². The number of carbonyl (C=O) groups is 1. The molecule has 3 heteroatoms. The van der Waals surface area contributed by atoms with Crippen molar-refractivity contribution in [1.29, 1.82) is 0 Å². The maximum atomic E-state index is 10.0. The predicted octanol–water partition coefficient (Wildman–Crippen LogP) is -2.45. The molecule has 0 aromatic rings. The van der Waals surface area contributed by atoms with Crippen molar-refractivity contribution < 1.29 is 60.9 Å². The molecule has 0 rings (SSSR count). The third-order valence-electron chi connectivity index (χ3n) is 0.411. The molecule has 2 nitrogen and oxygen atoms in total. The topological polar surface area (TPSA) is 26.3 Å². The summed E-state index contributed by atoms with van der Waals surface area (Å²) in [5.41, 5.74) is 0. The zero-order valence-electron chi connectivity index (χ0n) is 5.02. The van der Waals surface area contributed by atoms with Crippen LogP contribution in [-0.4, -0.2) is 12.6 Å². The molecular formula is C5H7KO2. The van der Waals surface area contributed by atoms with Crippen molar-refractivity contribution in [2.24, 2.45) is 0 Å². The Hall–Kier alpha value is 0.846. The Balaban J connectivity index is 0. The first-order valence-corrected chi connectivity index (χ1v) is 1.89. The van der Waals surface area contributed by atoms with Crippen molar-refractivity contribution in [1.82, 2.24) is 0 Å². The van der Waals surface area contributed by atoms with Gasteiger partial charge in [-0.3, -0.25) is 0 Å². The van der Waals surface area contributed by atoms with Gasteiger partial charge in [0.15, 0.2) is 0 Å². The summed E-state index contributed by atoms with van der Waals surface area (Å²) in [7, 11) is 0. The Morgan fingerprint density at radius 3 is 2.50 bits per heavy atom. The molecule has 0 aliphatic carbocycles. The van der Waals surface area contributed by atoms with Gasteiger partial charge in [0.2, 0.25) is 0 Å². The van der Waals surface area contributed by atoms with Gasteiger partial charge < -0.3 is 11.7 Å². The van der Waals surface area contributed by atoms with Crippen LogP contribution in [0.1, 0.15) is 0 Å². The molecule has 0 bridgehead atoms. The Bertz CT molecular complexity index is 80.5. The molecule has 0 unspecified atom stereocenters. The Morgan fingerprint density at radius 1 is 1.88 bits per heavy atom. The second-order valence-corrected chi connectivity index (χ2v) is 0.872. The van der Waals surface area contributed by atoms with Crippen LogP contribution in [0.2, 0.25) is 0 Å². The molecular weight excluding hydrogens is 131 g/mol. The maximum Gasteiger partial charge on any atom is 1.00 e. The van der Waals surface area contributed by atoms with Gasteiger partial charge in [0.05, 0.1) is 0 Å². The molecule has 0 spiro atoms. The SMILES string of the molecule is C=CC(=O)OC[CH2-].[K+]. The van der Waals surface area contributed by atoms with Gasteiger partial charge in [0.25, 0.3) is 0 Å². The largest absolute Gasteiger partial charge is 1.00 e. The van der Waals surface area contributed by atoms with E-state index in [2.05, 4.69) is 18.2 Å². The molecule has 0 aliphatic heterocycles. The number of carbonyl (C=O) groups excluding carboxylic acids is 1. The Morgan fingerprint density at radius 2 is 2.38 bits per heavy atom. The summed E-state index contributed by atoms with van der Waals surface area (Å²) < 4.78 is 4.32. The van der Waals surface area contributed by atoms with E-state index in [9.17, 15) is 4.79 Å². The average Bonchev–Trinajstić information content (AvgIpc) is 1.68. The summed E-state index contributed by atoms with van der Waals surface area (Å²) in [6, 6.07) is 0. The van der Waals surface area contributed by atoms with Crippen LogP contribution in [-0.2, 0) is 9.53 Å². The summed E-state index contributed by atoms with van der Waals surface area (Å²) >= 11 is 0. The van der Waals surface area contributed by atoms with E-state index in [0.29, 0.717) is 0 Å². The van der Waals surface area contributed by atoms with Crippen LogP contribution in [0.4, 0.5) is 0 Å². The first kappa shape index (κ1) is 11.6. The first-order chi connectivity index (χ1) is 3.31. The van der Waals surface area contributed by atoms with E-state index in [-0.39, 0.29) is 58.0 Å². The fourth-order valence-corrected chi connectivity index (χ4v) is 0.160. The van der Waals surface area contributed by atoms with Crippen LogP contribution in [0.15, 0.2) is 12.7 Å². The van der Waals surface area contributed by atoms with Crippen LogP contribution < -0.4 is 51.4 Å². The number of esters is 1. The predicted molar refractivity (Wildman–Crippen MR) is 26.5 cm³/mol. The summed E-state index contributed by atoms with van der Waals surface area (Å²) in [4.78, 5) is 10.0. The van der Waals surface area contributed by atoms with Crippen LogP contribution >= 0.6 is 0 Å². The maximum absolute atomic E-state index is 10.0. The van der Waals surface area contributed by atoms with Crippen molar-refractivity contribution in [2.75, 3.05) is 6.61 Å². The monoisotopic (exact) mass is 138 g/mol. The van der Waals surface area contributed by atoms with E-state index in [0.717, 1.165) is 6.08 Å². The molecule has 40 valence electrons. The van der Waals surface area contributed by atoms with Crippen molar-refractivity contribution in [3.05, 3.63) is 19.6 Å². The number of rotatable bonds is 2. The van der Waals surface area contributed by atoms with Gasteiger partial charge in [-0.05, 0) is 6.61 Å². The average molecular weight is 138 g/mol. The van der Waals surface area contributed by atoms with Crippen molar-refractivity contribution in [3.63, 3.8) is 0 Å². The third-order valence-corrected chi connectivity index (χ3v) is 0.411. The van der Waals surface area contributed by atoms with Crippen LogP contribution in [0, 0.1) is 6.92 Å². The zero-order valence-corrected chi connectivity index (χ0v) is 8.14. The van der Waals surface area contributed by atoms with Gasteiger partial charge in [-0.2, -0.15) is 0 Å². The molecule has 0 atom stereocenters. The minimum atomic E-state index is -0.421. The summed E-state index contributed by atoms with van der Waals surface area (Å²) in [5, 5.41) is 0. The van der Waals surface area contributed by atoms with Gasteiger partial charge in [0, 0.05) is 6.08 Å². The molecule has 0 heterocycles. The smallest absolute Gasteiger partial charge is 0.496 e. The molecule has 0 aromatic carbocycles. The second-order valence-electron chi connectivity index (χ2n) is 0.872. The summed E-state index contributed by atoms with van der Waals surface area (Å²) in [6.07, 6.45) is 1.10. The van der Waals surface area contributed by atoms with Gasteiger partial charge in [0.1, 0.15) is 0 Å². The zero-order chi connectivity index (χ0) is 5.70. The van der Waals surface area contributed by atoms with E-state index < -0.39 is 5.97 Å². The molecule has 8 heavy (non-hydrogen) atoms. The molecule has 0 fully saturated rings. The summed E-state index contributed by atoms with van der Waals surface area (Å²) in [6.45, 7) is 6.63. The number of hydrogen-bond donors (Lipinski definition) is 0. The standard InChI is InChI=1S/C5H7O2.K/c1-3-5(6)7-4-2;/h3H,1-2,4H2;/q-1;+1. The van der Waals surface area contributed by atoms with Crippen LogP contribution in [0.5, 0.6) is 0 Å². The quantitative estimate of drug-likeness (QED) is 0.183. The second kappa shape index (κ2) is 7.85. The van der Waals surface area contributed by atoms with E-state index in [1.54, 1.807) is 0 Å². The molecule has 0 amide bonds. The van der Waals surface area contributed by atoms with Crippen molar-refractivity contribution >= 4 is 5.97 Å². The molecule has 0 saturated carbocycles. The van der Waals surface area contributed by atoms with Crippen LogP contribution in [0.25, 0.3) is 0 Å². The van der Waals surface area contributed by atoms with Gasteiger partial charge >= 0.3 is 57.4 Å². The van der Waals surface area contributed by atoms with Crippen LogP contribution in [0.3, 0.4) is 0 Å². The minimum absolute atomic E-state index is 0. The normalized spacial score (nSPS) is 6.62. The number of ether oxygens (including phenoxy) is 1. The van der Waals surface area contributed by atoms with E-state index >= 15 is 0 Å².